The van der Waals surface area contributed by atoms with E-state index in [1.54, 1.807) is 24.3 Å². The molecule has 0 atom stereocenters. The number of hydrogen-bond acceptors (Lipinski definition) is 4. The zero-order chi connectivity index (χ0) is 19.4. The first-order chi connectivity index (χ1) is 13.0. The van der Waals surface area contributed by atoms with Crippen LogP contribution in [0.15, 0.2) is 53.0 Å². The Balaban J connectivity index is 2.14. The van der Waals surface area contributed by atoms with Gasteiger partial charge in [0, 0.05) is 28.8 Å². The maximum Gasteiger partial charge on any atom is 0.166 e. The van der Waals surface area contributed by atoms with Crippen molar-refractivity contribution in [3.05, 3.63) is 64.6 Å². The quantitative estimate of drug-likeness (QED) is 0.479. The standard InChI is InChI=1S/C20H17BrF2N2O2/c21-13-5-6-18(27)15(11-13)17-9-12(10-19(25-17)24-7-2-8-26)14-3-1-4-16(22)20(14)23/h1,3-6,9-11,26-27H,2,7-8H2,(H,24,25). The second-order valence-corrected chi connectivity index (χ2v) is 6.81. The van der Waals surface area contributed by atoms with E-state index in [1.807, 2.05) is 0 Å². The average molecular weight is 435 g/mol. The Labute approximate surface area is 163 Å². The van der Waals surface area contributed by atoms with E-state index in [-0.39, 0.29) is 17.9 Å². The van der Waals surface area contributed by atoms with Gasteiger partial charge in [-0.25, -0.2) is 13.8 Å². The van der Waals surface area contributed by atoms with Gasteiger partial charge in [-0.15, -0.1) is 0 Å². The van der Waals surface area contributed by atoms with Crippen LogP contribution in [-0.2, 0) is 0 Å². The van der Waals surface area contributed by atoms with Crippen molar-refractivity contribution in [3.8, 4) is 28.1 Å². The minimum atomic E-state index is -0.950. The molecule has 4 nitrogen and oxygen atoms in total. The molecule has 0 radical (unpaired) electrons. The molecule has 1 aromatic heterocycles. The largest absolute Gasteiger partial charge is 0.507 e. The molecule has 0 amide bonds. The second-order valence-electron chi connectivity index (χ2n) is 5.89. The second kappa shape index (κ2) is 8.45. The summed E-state index contributed by atoms with van der Waals surface area (Å²) in [6, 6.07) is 12.1. The molecule has 3 rings (SSSR count). The molecule has 3 aromatic rings. The normalized spacial score (nSPS) is 10.8. The van der Waals surface area contributed by atoms with E-state index in [0.717, 1.165) is 10.5 Å². The zero-order valence-electron chi connectivity index (χ0n) is 14.2. The number of aromatic nitrogens is 1. The lowest BCUT2D eigenvalue weighted by Crippen LogP contribution is -2.06. The van der Waals surface area contributed by atoms with Gasteiger partial charge in [0.15, 0.2) is 11.6 Å². The number of phenols is 1. The molecule has 0 spiro atoms. The third kappa shape index (κ3) is 4.43. The van der Waals surface area contributed by atoms with Crippen molar-refractivity contribution in [1.29, 1.82) is 0 Å². The van der Waals surface area contributed by atoms with Crippen LogP contribution in [0.1, 0.15) is 6.42 Å². The highest BCUT2D eigenvalue weighted by Gasteiger charge is 2.15. The summed E-state index contributed by atoms with van der Waals surface area (Å²) in [7, 11) is 0. The number of halogens is 3. The number of hydrogen-bond donors (Lipinski definition) is 3. The van der Waals surface area contributed by atoms with Crippen LogP contribution >= 0.6 is 15.9 Å². The Morgan fingerprint density at radius 2 is 1.85 bits per heavy atom. The third-order valence-electron chi connectivity index (χ3n) is 3.96. The number of aliphatic hydroxyl groups is 1. The summed E-state index contributed by atoms with van der Waals surface area (Å²) in [4.78, 5) is 4.47. The Bertz CT molecular complexity index is 946. The monoisotopic (exact) mass is 434 g/mol. The first-order valence-corrected chi connectivity index (χ1v) is 9.09. The van der Waals surface area contributed by atoms with Crippen molar-refractivity contribution in [2.75, 3.05) is 18.5 Å². The molecule has 140 valence electrons. The van der Waals surface area contributed by atoms with Crippen molar-refractivity contribution in [2.24, 2.45) is 0 Å². The number of nitrogens with one attached hydrogen (secondary N) is 1. The van der Waals surface area contributed by atoms with E-state index < -0.39 is 11.6 Å². The molecule has 0 aliphatic rings. The molecule has 0 saturated heterocycles. The lowest BCUT2D eigenvalue weighted by molar-refractivity contribution is 0.292. The molecule has 0 unspecified atom stereocenters. The van der Waals surface area contributed by atoms with Gasteiger partial charge in [-0.05, 0) is 48.4 Å². The van der Waals surface area contributed by atoms with Crippen LogP contribution in [-0.4, -0.2) is 28.3 Å². The maximum absolute atomic E-state index is 14.3. The predicted octanol–water partition coefficient (Wildman–Crippen LogP) is 4.96. The number of phenolic OH excluding ortho intramolecular Hbond substituents is 1. The van der Waals surface area contributed by atoms with Gasteiger partial charge in [-0.2, -0.15) is 0 Å². The van der Waals surface area contributed by atoms with Gasteiger partial charge in [0.05, 0.1) is 5.69 Å². The van der Waals surface area contributed by atoms with Gasteiger partial charge in [0.2, 0.25) is 0 Å². The number of aromatic hydroxyl groups is 1. The summed E-state index contributed by atoms with van der Waals surface area (Å²) in [5.74, 6) is -1.44. The van der Waals surface area contributed by atoms with E-state index in [4.69, 9.17) is 5.11 Å². The summed E-state index contributed by atoms with van der Waals surface area (Å²) in [5, 5.41) is 22.2. The molecule has 3 N–H and O–H groups in total. The van der Waals surface area contributed by atoms with Crippen molar-refractivity contribution in [2.45, 2.75) is 6.42 Å². The number of rotatable bonds is 6. The molecule has 0 saturated carbocycles. The van der Waals surface area contributed by atoms with Gasteiger partial charge < -0.3 is 15.5 Å². The fraction of sp³-hybridized carbons (Fsp3) is 0.150. The SMILES string of the molecule is OCCCNc1cc(-c2cccc(F)c2F)cc(-c2cc(Br)ccc2O)n1. The van der Waals surface area contributed by atoms with Gasteiger partial charge in [-0.3, -0.25) is 0 Å². The van der Waals surface area contributed by atoms with E-state index in [2.05, 4.69) is 26.2 Å². The number of pyridine rings is 1. The summed E-state index contributed by atoms with van der Waals surface area (Å²) >= 11 is 3.36. The summed E-state index contributed by atoms with van der Waals surface area (Å²) in [6.45, 7) is 0.479. The van der Waals surface area contributed by atoms with E-state index in [1.165, 1.54) is 18.2 Å². The number of benzene rings is 2. The average Bonchev–Trinajstić information content (AvgIpc) is 2.66. The predicted molar refractivity (Wildman–Crippen MR) is 105 cm³/mol. The van der Waals surface area contributed by atoms with Crippen LogP contribution in [0, 0.1) is 11.6 Å². The van der Waals surface area contributed by atoms with Crippen molar-refractivity contribution in [1.82, 2.24) is 4.98 Å². The molecular formula is C20H17BrF2N2O2. The highest BCUT2D eigenvalue weighted by atomic mass is 79.9. The highest BCUT2D eigenvalue weighted by Crippen LogP contribution is 2.35. The molecule has 0 aliphatic carbocycles. The molecule has 2 aromatic carbocycles. The summed E-state index contributed by atoms with van der Waals surface area (Å²) in [6.07, 6.45) is 0.512. The molecular weight excluding hydrogens is 418 g/mol. The maximum atomic E-state index is 14.3. The van der Waals surface area contributed by atoms with E-state index in [0.29, 0.717) is 35.6 Å². The van der Waals surface area contributed by atoms with Gasteiger partial charge in [-0.1, -0.05) is 28.1 Å². The number of anilines is 1. The van der Waals surface area contributed by atoms with Crippen molar-refractivity contribution >= 4 is 21.7 Å². The summed E-state index contributed by atoms with van der Waals surface area (Å²) in [5.41, 5.74) is 1.37. The third-order valence-corrected chi connectivity index (χ3v) is 4.46. The molecule has 0 fully saturated rings. The van der Waals surface area contributed by atoms with Gasteiger partial charge in [0.1, 0.15) is 11.6 Å². The molecule has 1 heterocycles. The van der Waals surface area contributed by atoms with Crippen molar-refractivity contribution in [3.63, 3.8) is 0 Å². The van der Waals surface area contributed by atoms with Crippen LogP contribution in [0.3, 0.4) is 0 Å². The Hall–Kier alpha value is -2.51. The number of aliphatic hydroxyl groups excluding tert-OH is 1. The minimum Gasteiger partial charge on any atom is -0.507 e. The Kier molecular flexibility index (Phi) is 6.03. The van der Waals surface area contributed by atoms with Crippen LogP contribution in [0.25, 0.3) is 22.4 Å². The van der Waals surface area contributed by atoms with Gasteiger partial charge >= 0.3 is 0 Å². The first-order valence-electron chi connectivity index (χ1n) is 8.29. The highest BCUT2D eigenvalue weighted by molar-refractivity contribution is 9.10. The molecule has 27 heavy (non-hydrogen) atoms. The summed E-state index contributed by atoms with van der Waals surface area (Å²) < 4.78 is 28.7. The lowest BCUT2D eigenvalue weighted by atomic mass is 10.0. The van der Waals surface area contributed by atoms with Crippen LogP contribution in [0.5, 0.6) is 5.75 Å². The molecule has 0 bridgehead atoms. The fourth-order valence-electron chi connectivity index (χ4n) is 2.65. The Morgan fingerprint density at radius 3 is 2.63 bits per heavy atom. The lowest BCUT2D eigenvalue weighted by Gasteiger charge is -2.13. The molecule has 7 heteroatoms. The van der Waals surface area contributed by atoms with E-state index >= 15 is 0 Å². The van der Waals surface area contributed by atoms with Crippen molar-refractivity contribution < 1.29 is 19.0 Å². The topological polar surface area (TPSA) is 65.4 Å². The number of nitrogens with zero attached hydrogens (tertiary/aromatic N) is 1. The van der Waals surface area contributed by atoms with Crippen LogP contribution < -0.4 is 5.32 Å². The van der Waals surface area contributed by atoms with E-state index in [9.17, 15) is 13.9 Å². The van der Waals surface area contributed by atoms with Crippen LogP contribution in [0.2, 0.25) is 0 Å². The van der Waals surface area contributed by atoms with Gasteiger partial charge in [0.25, 0.3) is 0 Å². The zero-order valence-corrected chi connectivity index (χ0v) is 15.8. The minimum absolute atomic E-state index is 0.0175. The smallest absolute Gasteiger partial charge is 0.166 e. The molecule has 0 aliphatic heterocycles. The van der Waals surface area contributed by atoms with Crippen LogP contribution in [0.4, 0.5) is 14.6 Å². The fourth-order valence-corrected chi connectivity index (χ4v) is 3.01. The Morgan fingerprint density at radius 1 is 1.04 bits per heavy atom. The first kappa shape index (κ1) is 19.3.